The normalized spacial score (nSPS) is 13.5. The van der Waals surface area contributed by atoms with Crippen LogP contribution in [0, 0.1) is 11.6 Å². The summed E-state index contributed by atoms with van der Waals surface area (Å²) in [4.78, 5) is 27.9. The van der Waals surface area contributed by atoms with Crippen LogP contribution in [0.3, 0.4) is 0 Å². The molecule has 0 spiro atoms. The number of halogens is 2. The lowest BCUT2D eigenvalue weighted by Gasteiger charge is -2.16. The number of amides is 2. The van der Waals surface area contributed by atoms with Gasteiger partial charge in [-0.25, -0.2) is 8.78 Å². The van der Waals surface area contributed by atoms with Gasteiger partial charge >= 0.3 is 0 Å². The van der Waals surface area contributed by atoms with Crippen molar-refractivity contribution < 1.29 is 27.8 Å². The molecular weight excluding hydrogens is 430 g/mol. The van der Waals surface area contributed by atoms with Gasteiger partial charge in [0.1, 0.15) is 17.2 Å². The van der Waals surface area contributed by atoms with E-state index in [1.54, 1.807) is 55.6 Å². The van der Waals surface area contributed by atoms with Crippen LogP contribution in [0.5, 0.6) is 11.5 Å². The van der Waals surface area contributed by atoms with Crippen molar-refractivity contribution in [3.8, 4) is 11.5 Å². The molecule has 33 heavy (non-hydrogen) atoms. The Balaban J connectivity index is 1.75. The molecule has 0 unspecified atom stereocenters. The minimum Gasteiger partial charge on any atom is -0.497 e. The van der Waals surface area contributed by atoms with Gasteiger partial charge in [-0.2, -0.15) is 0 Å². The molecule has 8 heteroatoms. The average Bonchev–Trinajstić information content (AvgIpc) is 3.06. The molecule has 2 amide bonds. The van der Waals surface area contributed by atoms with Crippen molar-refractivity contribution in [2.24, 2.45) is 0 Å². The topological polar surface area (TPSA) is 67.9 Å². The van der Waals surface area contributed by atoms with Gasteiger partial charge in [0, 0.05) is 17.3 Å². The number of hydrogen-bond acceptors (Lipinski definition) is 5. The van der Waals surface area contributed by atoms with E-state index < -0.39 is 23.4 Å². The van der Waals surface area contributed by atoms with Crippen molar-refractivity contribution in [3.63, 3.8) is 0 Å². The van der Waals surface area contributed by atoms with Crippen LogP contribution in [0.2, 0.25) is 0 Å². The molecule has 3 aromatic rings. The highest BCUT2D eigenvalue weighted by atomic mass is 19.2. The van der Waals surface area contributed by atoms with Gasteiger partial charge in [-0.3, -0.25) is 14.5 Å². The molecule has 168 valence electrons. The number of ether oxygens (including phenoxy) is 2. The molecule has 0 saturated heterocycles. The zero-order valence-electron chi connectivity index (χ0n) is 17.9. The van der Waals surface area contributed by atoms with Gasteiger partial charge in [-0.05, 0) is 35.9 Å². The molecule has 0 atom stereocenters. The van der Waals surface area contributed by atoms with Crippen LogP contribution in [0.15, 0.2) is 72.4 Å². The number of methoxy groups -OCH3 is 2. The first kappa shape index (κ1) is 22.0. The number of benzene rings is 3. The summed E-state index contributed by atoms with van der Waals surface area (Å²) in [6.45, 7) is 0.0171. The standard InChI is InChI=1S/C25H20F2N2O4/c1-32-17-10-7-15(8-11-17)14-29-24(30)22(18-5-3-4-6-21(18)33-2)23(25(29)31)28-16-9-12-19(26)20(27)13-16/h3-13,28H,14H2,1-2H3. The number of rotatable bonds is 7. The first-order chi connectivity index (χ1) is 15.9. The Morgan fingerprint density at radius 2 is 1.58 bits per heavy atom. The third-order valence-electron chi connectivity index (χ3n) is 5.23. The summed E-state index contributed by atoms with van der Waals surface area (Å²) in [6, 6.07) is 16.9. The minimum absolute atomic E-state index is 0.0171. The van der Waals surface area contributed by atoms with Crippen molar-refractivity contribution >= 4 is 23.1 Å². The van der Waals surface area contributed by atoms with E-state index in [4.69, 9.17) is 9.47 Å². The van der Waals surface area contributed by atoms with Crippen molar-refractivity contribution in [3.05, 3.63) is 95.2 Å². The number of nitrogens with one attached hydrogen (secondary N) is 1. The fourth-order valence-electron chi connectivity index (χ4n) is 3.57. The van der Waals surface area contributed by atoms with E-state index in [1.807, 2.05) is 0 Å². The predicted molar refractivity (Wildman–Crippen MR) is 118 cm³/mol. The number of hydrogen-bond donors (Lipinski definition) is 1. The smallest absolute Gasteiger partial charge is 0.278 e. The quantitative estimate of drug-likeness (QED) is 0.542. The lowest BCUT2D eigenvalue weighted by molar-refractivity contribution is -0.137. The predicted octanol–water partition coefficient (Wildman–Crippen LogP) is 4.37. The Hall–Kier alpha value is -4.20. The third-order valence-corrected chi connectivity index (χ3v) is 5.23. The van der Waals surface area contributed by atoms with Crippen molar-refractivity contribution in [2.45, 2.75) is 6.54 Å². The van der Waals surface area contributed by atoms with E-state index in [-0.39, 0.29) is 23.5 Å². The van der Waals surface area contributed by atoms with E-state index in [0.29, 0.717) is 22.6 Å². The molecule has 0 saturated carbocycles. The average molecular weight is 450 g/mol. The monoisotopic (exact) mass is 450 g/mol. The fourth-order valence-corrected chi connectivity index (χ4v) is 3.57. The molecule has 0 bridgehead atoms. The van der Waals surface area contributed by atoms with Gasteiger partial charge in [0.05, 0.1) is 26.3 Å². The second kappa shape index (κ2) is 9.12. The van der Waals surface area contributed by atoms with E-state index >= 15 is 0 Å². The number of para-hydroxylation sites is 1. The molecule has 3 aromatic carbocycles. The van der Waals surface area contributed by atoms with Crippen molar-refractivity contribution in [2.75, 3.05) is 19.5 Å². The highest BCUT2D eigenvalue weighted by Gasteiger charge is 2.40. The first-order valence-corrected chi connectivity index (χ1v) is 10.0. The lowest BCUT2D eigenvalue weighted by Crippen LogP contribution is -2.32. The molecule has 1 N–H and O–H groups in total. The second-order valence-corrected chi connectivity index (χ2v) is 7.25. The molecule has 0 radical (unpaired) electrons. The summed E-state index contributed by atoms with van der Waals surface area (Å²) in [5.41, 5.74) is 1.27. The molecule has 0 aliphatic carbocycles. The Kier molecular flexibility index (Phi) is 6.08. The van der Waals surface area contributed by atoms with Gasteiger partial charge in [0.2, 0.25) is 0 Å². The number of nitrogens with zero attached hydrogens (tertiary/aromatic N) is 1. The van der Waals surface area contributed by atoms with Crippen LogP contribution < -0.4 is 14.8 Å². The van der Waals surface area contributed by atoms with E-state index in [0.717, 1.165) is 17.0 Å². The van der Waals surface area contributed by atoms with Crippen LogP contribution in [0.25, 0.3) is 5.57 Å². The molecule has 4 rings (SSSR count). The fraction of sp³-hybridized carbons (Fsp3) is 0.120. The maximum absolute atomic E-state index is 13.8. The zero-order chi connectivity index (χ0) is 23.5. The zero-order valence-corrected chi connectivity index (χ0v) is 17.9. The van der Waals surface area contributed by atoms with Gasteiger partial charge in [0.15, 0.2) is 11.6 Å². The molecule has 0 fully saturated rings. The van der Waals surface area contributed by atoms with Crippen molar-refractivity contribution in [1.82, 2.24) is 4.90 Å². The summed E-state index contributed by atoms with van der Waals surface area (Å²) >= 11 is 0. The number of carbonyl (C=O) groups is 2. The van der Waals surface area contributed by atoms with E-state index in [1.165, 1.54) is 13.2 Å². The van der Waals surface area contributed by atoms with Crippen molar-refractivity contribution in [1.29, 1.82) is 0 Å². The molecule has 1 heterocycles. The van der Waals surface area contributed by atoms with Gasteiger partial charge < -0.3 is 14.8 Å². The van der Waals surface area contributed by atoms with Crippen LogP contribution in [0.4, 0.5) is 14.5 Å². The Bertz CT molecular complexity index is 1260. The number of carbonyl (C=O) groups excluding carboxylic acids is 2. The van der Waals surface area contributed by atoms with Crippen LogP contribution in [0.1, 0.15) is 11.1 Å². The summed E-state index contributed by atoms with van der Waals surface area (Å²) in [5, 5.41) is 2.81. The van der Waals surface area contributed by atoms with Gasteiger partial charge in [-0.15, -0.1) is 0 Å². The highest BCUT2D eigenvalue weighted by molar-refractivity contribution is 6.36. The first-order valence-electron chi connectivity index (χ1n) is 10.0. The highest BCUT2D eigenvalue weighted by Crippen LogP contribution is 2.36. The number of imide groups is 1. The number of anilines is 1. The summed E-state index contributed by atoms with van der Waals surface area (Å²) in [5.74, 6) is -2.19. The molecule has 0 aromatic heterocycles. The van der Waals surface area contributed by atoms with Gasteiger partial charge in [0.25, 0.3) is 11.8 Å². The Morgan fingerprint density at radius 1 is 0.848 bits per heavy atom. The van der Waals surface area contributed by atoms with Crippen LogP contribution in [-0.4, -0.2) is 30.9 Å². The molecule has 1 aliphatic rings. The minimum atomic E-state index is -1.08. The van der Waals surface area contributed by atoms with Crippen LogP contribution in [-0.2, 0) is 16.1 Å². The molecule has 1 aliphatic heterocycles. The van der Waals surface area contributed by atoms with E-state index in [9.17, 15) is 18.4 Å². The summed E-state index contributed by atoms with van der Waals surface area (Å²) in [7, 11) is 3.00. The lowest BCUT2D eigenvalue weighted by atomic mass is 10.0. The molecule has 6 nitrogen and oxygen atoms in total. The van der Waals surface area contributed by atoms with Gasteiger partial charge in [-0.1, -0.05) is 30.3 Å². The largest absolute Gasteiger partial charge is 0.497 e. The maximum atomic E-state index is 13.8. The van der Waals surface area contributed by atoms with E-state index in [2.05, 4.69) is 5.32 Å². The Labute approximate surface area is 189 Å². The second-order valence-electron chi connectivity index (χ2n) is 7.25. The summed E-state index contributed by atoms with van der Waals surface area (Å²) in [6.07, 6.45) is 0. The maximum Gasteiger partial charge on any atom is 0.278 e. The third kappa shape index (κ3) is 4.27. The summed E-state index contributed by atoms with van der Waals surface area (Å²) < 4.78 is 37.7. The molecular formula is C25H20F2N2O4. The Morgan fingerprint density at radius 3 is 2.24 bits per heavy atom. The SMILES string of the molecule is COc1ccc(CN2C(=O)C(Nc3ccc(F)c(F)c3)=C(c3ccccc3OC)C2=O)cc1. The van der Waals surface area contributed by atoms with Crippen LogP contribution >= 0.6 is 0 Å².